The molecule has 1 aromatic carbocycles. The summed E-state index contributed by atoms with van der Waals surface area (Å²) in [7, 11) is 1.64. The summed E-state index contributed by atoms with van der Waals surface area (Å²) in [5, 5.41) is 1.05. The van der Waals surface area contributed by atoms with Crippen molar-refractivity contribution in [1.82, 2.24) is 4.98 Å². The van der Waals surface area contributed by atoms with Crippen molar-refractivity contribution in [3.8, 4) is 5.75 Å². The van der Waals surface area contributed by atoms with Crippen molar-refractivity contribution >= 4 is 16.7 Å². The molecule has 0 radical (unpaired) electrons. The lowest BCUT2D eigenvalue weighted by molar-refractivity contribution is -0.00847. The summed E-state index contributed by atoms with van der Waals surface area (Å²) < 4.78 is 11.1. The van der Waals surface area contributed by atoms with Crippen molar-refractivity contribution < 1.29 is 9.47 Å². The summed E-state index contributed by atoms with van der Waals surface area (Å²) in [6, 6.07) is 7.88. The standard InChI is InChI=1S/C15H19N3O2/c1-19-13-6-5-10-7-11(9-20-12-3-2-4-12)15(18-16)17-14(10)8-13/h5-8,12H,2-4,9,16H2,1H3,(H,17,18). The Hall–Kier alpha value is -1.85. The van der Waals surface area contributed by atoms with Crippen LogP contribution < -0.4 is 16.0 Å². The summed E-state index contributed by atoms with van der Waals surface area (Å²) in [6.45, 7) is 0.541. The normalized spacial score (nSPS) is 15.1. The smallest absolute Gasteiger partial charge is 0.146 e. The van der Waals surface area contributed by atoms with Gasteiger partial charge in [0, 0.05) is 17.0 Å². The number of rotatable bonds is 5. The number of pyridine rings is 1. The van der Waals surface area contributed by atoms with Crippen molar-refractivity contribution in [1.29, 1.82) is 0 Å². The molecule has 20 heavy (non-hydrogen) atoms. The van der Waals surface area contributed by atoms with Gasteiger partial charge in [-0.3, -0.25) is 0 Å². The molecule has 3 N–H and O–H groups in total. The van der Waals surface area contributed by atoms with Gasteiger partial charge in [0.2, 0.25) is 0 Å². The first-order valence-electron chi connectivity index (χ1n) is 6.86. The van der Waals surface area contributed by atoms with Crippen LogP contribution in [-0.2, 0) is 11.3 Å². The van der Waals surface area contributed by atoms with E-state index < -0.39 is 0 Å². The first kappa shape index (κ1) is 13.1. The zero-order valence-electron chi connectivity index (χ0n) is 11.6. The monoisotopic (exact) mass is 273 g/mol. The van der Waals surface area contributed by atoms with Crippen molar-refractivity contribution in [3.05, 3.63) is 29.8 Å². The quantitative estimate of drug-likeness (QED) is 0.647. The van der Waals surface area contributed by atoms with E-state index in [1.165, 1.54) is 6.42 Å². The van der Waals surface area contributed by atoms with Crippen LogP contribution in [0, 0.1) is 0 Å². The van der Waals surface area contributed by atoms with Gasteiger partial charge in [0.15, 0.2) is 0 Å². The maximum atomic E-state index is 5.84. The number of fused-ring (bicyclic) bond motifs is 1. The number of aromatic nitrogens is 1. The van der Waals surface area contributed by atoms with Gasteiger partial charge in [-0.2, -0.15) is 0 Å². The molecule has 2 aromatic rings. The molecule has 5 nitrogen and oxygen atoms in total. The summed E-state index contributed by atoms with van der Waals surface area (Å²) >= 11 is 0. The first-order chi connectivity index (χ1) is 9.80. The minimum atomic E-state index is 0.396. The van der Waals surface area contributed by atoms with E-state index in [0.717, 1.165) is 35.1 Å². The Balaban J connectivity index is 1.89. The van der Waals surface area contributed by atoms with Crippen LogP contribution in [0.25, 0.3) is 10.9 Å². The lowest BCUT2D eigenvalue weighted by Gasteiger charge is -2.25. The predicted molar refractivity (Wildman–Crippen MR) is 78.5 cm³/mol. The average Bonchev–Trinajstić information content (AvgIpc) is 2.44. The maximum absolute atomic E-state index is 5.84. The number of nitrogens with zero attached hydrogens (tertiary/aromatic N) is 1. The maximum Gasteiger partial charge on any atom is 0.146 e. The molecule has 1 aliphatic carbocycles. The van der Waals surface area contributed by atoms with Crippen LogP contribution in [0.2, 0.25) is 0 Å². The van der Waals surface area contributed by atoms with Gasteiger partial charge >= 0.3 is 0 Å². The number of benzene rings is 1. The third-order valence-electron chi connectivity index (χ3n) is 3.77. The Morgan fingerprint density at radius 1 is 1.35 bits per heavy atom. The van der Waals surface area contributed by atoms with Crippen molar-refractivity contribution in [2.75, 3.05) is 12.5 Å². The van der Waals surface area contributed by atoms with Crippen molar-refractivity contribution in [2.45, 2.75) is 32.0 Å². The van der Waals surface area contributed by atoms with Gasteiger partial charge in [0.1, 0.15) is 11.6 Å². The Morgan fingerprint density at radius 2 is 2.20 bits per heavy atom. The van der Waals surface area contributed by atoms with E-state index in [1.54, 1.807) is 7.11 Å². The van der Waals surface area contributed by atoms with E-state index in [0.29, 0.717) is 18.5 Å². The van der Waals surface area contributed by atoms with Crippen molar-refractivity contribution in [2.24, 2.45) is 5.84 Å². The Morgan fingerprint density at radius 3 is 2.85 bits per heavy atom. The van der Waals surface area contributed by atoms with Gasteiger partial charge in [-0.1, -0.05) is 0 Å². The van der Waals surface area contributed by atoms with Crippen molar-refractivity contribution in [3.63, 3.8) is 0 Å². The molecule has 5 heteroatoms. The molecule has 3 rings (SSSR count). The van der Waals surface area contributed by atoms with Crippen LogP contribution in [0.5, 0.6) is 5.75 Å². The molecule has 0 spiro atoms. The molecule has 1 aromatic heterocycles. The van der Waals surface area contributed by atoms with Gasteiger partial charge in [-0.25, -0.2) is 10.8 Å². The topological polar surface area (TPSA) is 69.4 Å². The highest BCUT2D eigenvalue weighted by Crippen LogP contribution is 2.27. The van der Waals surface area contributed by atoms with Gasteiger partial charge in [-0.05, 0) is 37.5 Å². The second-order valence-electron chi connectivity index (χ2n) is 5.06. The molecule has 1 fully saturated rings. The molecule has 0 atom stereocenters. The van der Waals surface area contributed by atoms with E-state index in [4.69, 9.17) is 15.3 Å². The third kappa shape index (κ3) is 2.55. The molecular formula is C15H19N3O2. The van der Waals surface area contributed by atoms with Crippen LogP contribution >= 0.6 is 0 Å². The molecule has 106 valence electrons. The molecular weight excluding hydrogens is 254 g/mol. The number of nitrogens with one attached hydrogen (secondary N) is 1. The Bertz CT molecular complexity index is 611. The molecule has 0 saturated heterocycles. The number of methoxy groups -OCH3 is 1. The van der Waals surface area contributed by atoms with E-state index >= 15 is 0 Å². The molecule has 1 aliphatic rings. The second kappa shape index (κ2) is 5.64. The van der Waals surface area contributed by atoms with E-state index in [1.807, 2.05) is 18.2 Å². The number of nitrogen functional groups attached to an aromatic ring is 1. The SMILES string of the molecule is COc1ccc2cc(COC3CCC3)c(NN)nc2c1. The zero-order chi connectivity index (χ0) is 13.9. The number of nitrogens with two attached hydrogens (primary N) is 1. The first-order valence-corrected chi connectivity index (χ1v) is 6.86. The molecule has 0 aliphatic heterocycles. The summed E-state index contributed by atoms with van der Waals surface area (Å²) in [5.74, 6) is 7.01. The second-order valence-corrected chi connectivity index (χ2v) is 5.06. The summed E-state index contributed by atoms with van der Waals surface area (Å²) in [6.07, 6.45) is 3.97. The van der Waals surface area contributed by atoms with Gasteiger partial charge < -0.3 is 14.9 Å². The van der Waals surface area contributed by atoms with Crippen LogP contribution in [0.4, 0.5) is 5.82 Å². The van der Waals surface area contributed by atoms with Gasteiger partial charge in [0.25, 0.3) is 0 Å². The zero-order valence-corrected chi connectivity index (χ0v) is 11.6. The van der Waals surface area contributed by atoms with Gasteiger partial charge in [-0.15, -0.1) is 0 Å². The molecule has 0 amide bonds. The van der Waals surface area contributed by atoms with Crippen LogP contribution in [0.1, 0.15) is 24.8 Å². The average molecular weight is 273 g/mol. The minimum absolute atomic E-state index is 0.396. The summed E-state index contributed by atoms with van der Waals surface area (Å²) in [4.78, 5) is 4.53. The highest BCUT2D eigenvalue weighted by atomic mass is 16.5. The lowest BCUT2D eigenvalue weighted by Crippen LogP contribution is -2.22. The predicted octanol–water partition coefficient (Wildman–Crippen LogP) is 2.60. The van der Waals surface area contributed by atoms with Crippen LogP contribution in [-0.4, -0.2) is 18.2 Å². The minimum Gasteiger partial charge on any atom is -0.497 e. The number of ether oxygens (including phenoxy) is 2. The fourth-order valence-corrected chi connectivity index (χ4v) is 2.30. The molecule has 1 saturated carbocycles. The summed E-state index contributed by atoms with van der Waals surface area (Å²) in [5.41, 5.74) is 4.49. The fraction of sp³-hybridized carbons (Fsp3) is 0.400. The lowest BCUT2D eigenvalue weighted by atomic mass is 9.96. The highest BCUT2D eigenvalue weighted by Gasteiger charge is 2.18. The van der Waals surface area contributed by atoms with Crippen LogP contribution in [0.3, 0.4) is 0 Å². The van der Waals surface area contributed by atoms with E-state index in [2.05, 4.69) is 16.5 Å². The van der Waals surface area contributed by atoms with Crippen LogP contribution in [0.15, 0.2) is 24.3 Å². The molecule has 0 unspecified atom stereocenters. The Labute approximate surface area is 118 Å². The Kier molecular flexibility index (Phi) is 3.71. The number of hydrazine groups is 1. The third-order valence-corrected chi connectivity index (χ3v) is 3.77. The van der Waals surface area contributed by atoms with E-state index in [-0.39, 0.29) is 0 Å². The van der Waals surface area contributed by atoms with E-state index in [9.17, 15) is 0 Å². The highest BCUT2D eigenvalue weighted by molar-refractivity contribution is 5.83. The fourth-order valence-electron chi connectivity index (χ4n) is 2.30. The molecule has 1 heterocycles. The molecule has 0 bridgehead atoms. The number of hydrogen-bond acceptors (Lipinski definition) is 5. The van der Waals surface area contributed by atoms with Gasteiger partial charge in [0.05, 0.1) is 25.3 Å². The number of hydrogen-bond donors (Lipinski definition) is 2. The number of anilines is 1. The largest absolute Gasteiger partial charge is 0.497 e.